The van der Waals surface area contributed by atoms with Crippen LogP contribution in [0.2, 0.25) is 0 Å². The van der Waals surface area contributed by atoms with Gasteiger partial charge in [0, 0.05) is 13.0 Å². The molecule has 1 aromatic carbocycles. The van der Waals surface area contributed by atoms with E-state index in [9.17, 15) is 13.6 Å². The van der Waals surface area contributed by atoms with Crippen LogP contribution in [0.1, 0.15) is 31.9 Å². The van der Waals surface area contributed by atoms with Crippen molar-refractivity contribution in [3.05, 3.63) is 35.4 Å². The SMILES string of the molecule is CC1CC1C(=O)N(C)C(C)c1ccc(F)c(F)c1. The summed E-state index contributed by atoms with van der Waals surface area (Å²) in [7, 11) is 1.71. The molecule has 1 fully saturated rings. The molecule has 0 N–H and O–H groups in total. The molecule has 1 amide bonds. The monoisotopic (exact) mass is 253 g/mol. The van der Waals surface area contributed by atoms with E-state index in [1.54, 1.807) is 11.9 Å². The van der Waals surface area contributed by atoms with Gasteiger partial charge in [-0.1, -0.05) is 13.0 Å². The first-order valence-corrected chi connectivity index (χ1v) is 6.13. The van der Waals surface area contributed by atoms with E-state index in [1.165, 1.54) is 6.07 Å². The summed E-state index contributed by atoms with van der Waals surface area (Å²) in [6.07, 6.45) is 0.924. The lowest BCUT2D eigenvalue weighted by Gasteiger charge is -2.25. The van der Waals surface area contributed by atoms with Crippen molar-refractivity contribution in [2.75, 3.05) is 7.05 Å². The topological polar surface area (TPSA) is 20.3 Å². The molecular formula is C14H17F2NO. The summed E-state index contributed by atoms with van der Waals surface area (Å²) < 4.78 is 26.0. The van der Waals surface area contributed by atoms with E-state index in [0.717, 1.165) is 18.6 Å². The zero-order valence-electron chi connectivity index (χ0n) is 10.8. The number of halogens is 2. The van der Waals surface area contributed by atoms with Gasteiger partial charge < -0.3 is 4.90 Å². The van der Waals surface area contributed by atoms with Crippen LogP contribution in [0.5, 0.6) is 0 Å². The number of carbonyl (C=O) groups is 1. The number of hydrogen-bond acceptors (Lipinski definition) is 1. The molecule has 0 aromatic heterocycles. The van der Waals surface area contributed by atoms with Gasteiger partial charge in [-0.05, 0) is 37.0 Å². The fourth-order valence-corrected chi connectivity index (χ4v) is 2.11. The Hall–Kier alpha value is -1.45. The van der Waals surface area contributed by atoms with Crippen molar-refractivity contribution in [2.24, 2.45) is 11.8 Å². The maximum Gasteiger partial charge on any atom is 0.226 e. The van der Waals surface area contributed by atoms with Crippen molar-refractivity contribution in [3.63, 3.8) is 0 Å². The van der Waals surface area contributed by atoms with Crippen molar-refractivity contribution in [1.82, 2.24) is 4.90 Å². The third-order valence-corrected chi connectivity index (χ3v) is 3.78. The lowest BCUT2D eigenvalue weighted by Crippen LogP contribution is -2.31. The second-order valence-corrected chi connectivity index (χ2v) is 5.12. The Morgan fingerprint density at radius 1 is 1.39 bits per heavy atom. The van der Waals surface area contributed by atoms with Crippen LogP contribution >= 0.6 is 0 Å². The highest BCUT2D eigenvalue weighted by molar-refractivity contribution is 5.81. The van der Waals surface area contributed by atoms with Gasteiger partial charge in [0.05, 0.1) is 6.04 Å². The Balaban J connectivity index is 2.12. The largest absolute Gasteiger partial charge is 0.339 e. The first kappa shape index (κ1) is 13.0. The summed E-state index contributed by atoms with van der Waals surface area (Å²) in [5.74, 6) is -1.12. The average molecular weight is 253 g/mol. The Labute approximate surface area is 106 Å². The number of amides is 1. The Kier molecular flexibility index (Phi) is 3.37. The lowest BCUT2D eigenvalue weighted by atomic mass is 10.1. The highest BCUT2D eigenvalue weighted by Gasteiger charge is 2.41. The van der Waals surface area contributed by atoms with Crippen molar-refractivity contribution >= 4 is 5.91 Å². The normalized spacial score (nSPS) is 23.6. The van der Waals surface area contributed by atoms with Gasteiger partial charge in [0.15, 0.2) is 11.6 Å². The Morgan fingerprint density at radius 2 is 2.00 bits per heavy atom. The minimum Gasteiger partial charge on any atom is -0.339 e. The van der Waals surface area contributed by atoms with Gasteiger partial charge in [-0.3, -0.25) is 4.79 Å². The molecule has 0 heterocycles. The standard InChI is InChI=1S/C14H17F2NO/c1-8-6-11(8)14(18)17(3)9(2)10-4-5-12(15)13(16)7-10/h4-5,7-9,11H,6H2,1-3H3. The summed E-state index contributed by atoms with van der Waals surface area (Å²) in [6.45, 7) is 3.86. The molecule has 0 saturated heterocycles. The van der Waals surface area contributed by atoms with Crippen molar-refractivity contribution in [1.29, 1.82) is 0 Å². The maximum atomic E-state index is 13.2. The van der Waals surface area contributed by atoms with Crippen LogP contribution in [-0.2, 0) is 4.79 Å². The summed E-state index contributed by atoms with van der Waals surface area (Å²) in [5.41, 5.74) is 0.609. The number of carbonyl (C=O) groups excluding carboxylic acids is 1. The van der Waals surface area contributed by atoms with Crippen LogP contribution in [0, 0.1) is 23.5 Å². The number of hydrogen-bond donors (Lipinski definition) is 0. The smallest absolute Gasteiger partial charge is 0.226 e. The van der Waals surface area contributed by atoms with Crippen LogP contribution in [0.3, 0.4) is 0 Å². The van der Waals surface area contributed by atoms with Crippen LogP contribution in [0.25, 0.3) is 0 Å². The van der Waals surface area contributed by atoms with Crippen molar-refractivity contribution in [3.8, 4) is 0 Å². The molecule has 2 nitrogen and oxygen atoms in total. The van der Waals surface area contributed by atoms with E-state index in [1.807, 2.05) is 13.8 Å². The third-order valence-electron chi connectivity index (χ3n) is 3.78. The molecular weight excluding hydrogens is 236 g/mol. The molecule has 18 heavy (non-hydrogen) atoms. The van der Waals surface area contributed by atoms with E-state index in [2.05, 4.69) is 0 Å². The van der Waals surface area contributed by atoms with Crippen LogP contribution in [0.15, 0.2) is 18.2 Å². The molecule has 98 valence electrons. The number of nitrogens with zero attached hydrogens (tertiary/aromatic N) is 1. The number of rotatable bonds is 3. The molecule has 0 radical (unpaired) electrons. The van der Waals surface area contributed by atoms with Crippen molar-refractivity contribution in [2.45, 2.75) is 26.3 Å². The molecule has 3 unspecified atom stereocenters. The van der Waals surface area contributed by atoms with Crippen LogP contribution < -0.4 is 0 Å². The second kappa shape index (κ2) is 4.67. The van der Waals surface area contributed by atoms with E-state index >= 15 is 0 Å². The molecule has 0 bridgehead atoms. The number of benzene rings is 1. The predicted octanol–water partition coefficient (Wildman–Crippen LogP) is 3.14. The lowest BCUT2D eigenvalue weighted by molar-refractivity contribution is -0.133. The zero-order chi connectivity index (χ0) is 13.4. The van der Waals surface area contributed by atoms with Crippen LogP contribution in [-0.4, -0.2) is 17.9 Å². The Bertz CT molecular complexity index is 475. The zero-order valence-corrected chi connectivity index (χ0v) is 10.8. The van der Waals surface area contributed by atoms with Gasteiger partial charge >= 0.3 is 0 Å². The average Bonchev–Trinajstić information content (AvgIpc) is 3.07. The summed E-state index contributed by atoms with van der Waals surface area (Å²) >= 11 is 0. The van der Waals surface area contributed by atoms with Gasteiger partial charge in [-0.25, -0.2) is 8.78 Å². The van der Waals surface area contributed by atoms with E-state index in [4.69, 9.17) is 0 Å². The molecule has 1 aliphatic carbocycles. The summed E-state index contributed by atoms with van der Waals surface area (Å²) in [5, 5.41) is 0. The molecule has 2 rings (SSSR count). The predicted molar refractivity (Wildman–Crippen MR) is 64.8 cm³/mol. The molecule has 0 aliphatic heterocycles. The quantitative estimate of drug-likeness (QED) is 0.810. The minimum atomic E-state index is -0.875. The van der Waals surface area contributed by atoms with Gasteiger partial charge in [0.2, 0.25) is 5.91 Å². The van der Waals surface area contributed by atoms with Gasteiger partial charge in [-0.15, -0.1) is 0 Å². The molecule has 1 aliphatic rings. The highest BCUT2D eigenvalue weighted by Crippen LogP contribution is 2.40. The van der Waals surface area contributed by atoms with Gasteiger partial charge in [0.25, 0.3) is 0 Å². The molecule has 1 saturated carbocycles. The minimum absolute atomic E-state index is 0.0831. The molecule has 3 atom stereocenters. The van der Waals surface area contributed by atoms with Gasteiger partial charge in [0.1, 0.15) is 0 Å². The van der Waals surface area contributed by atoms with E-state index in [-0.39, 0.29) is 17.9 Å². The first-order chi connectivity index (χ1) is 8.41. The maximum absolute atomic E-state index is 13.2. The Morgan fingerprint density at radius 3 is 2.50 bits per heavy atom. The fraction of sp³-hybridized carbons (Fsp3) is 0.500. The second-order valence-electron chi connectivity index (χ2n) is 5.12. The molecule has 1 aromatic rings. The summed E-state index contributed by atoms with van der Waals surface area (Å²) in [4.78, 5) is 13.7. The van der Waals surface area contributed by atoms with Crippen molar-refractivity contribution < 1.29 is 13.6 Å². The van der Waals surface area contributed by atoms with Gasteiger partial charge in [-0.2, -0.15) is 0 Å². The summed E-state index contributed by atoms with van der Waals surface area (Å²) in [6, 6.07) is 3.52. The van der Waals surface area contributed by atoms with E-state index in [0.29, 0.717) is 11.5 Å². The highest BCUT2D eigenvalue weighted by atomic mass is 19.2. The molecule has 4 heteroatoms. The third kappa shape index (κ3) is 2.37. The fourth-order valence-electron chi connectivity index (χ4n) is 2.11. The van der Waals surface area contributed by atoms with Crippen LogP contribution in [0.4, 0.5) is 8.78 Å². The first-order valence-electron chi connectivity index (χ1n) is 6.13. The van der Waals surface area contributed by atoms with E-state index < -0.39 is 11.6 Å². The molecule has 0 spiro atoms.